The topological polar surface area (TPSA) is 84.0 Å². The predicted octanol–water partition coefficient (Wildman–Crippen LogP) is 3.76. The number of nitrogens with zero attached hydrogens (tertiary/aromatic N) is 1. The summed E-state index contributed by atoms with van der Waals surface area (Å²) in [5.74, 6) is -0.280. The number of carbonyl (C=O) groups is 2. The van der Waals surface area contributed by atoms with Crippen molar-refractivity contribution in [1.82, 2.24) is 4.98 Å². The Labute approximate surface area is 176 Å². The van der Waals surface area contributed by atoms with Gasteiger partial charge in [-0.1, -0.05) is 6.92 Å². The van der Waals surface area contributed by atoms with Crippen molar-refractivity contribution in [1.29, 1.82) is 0 Å². The molecule has 2 heterocycles. The van der Waals surface area contributed by atoms with E-state index in [0.717, 1.165) is 21.1 Å². The molecule has 29 heavy (non-hydrogen) atoms. The summed E-state index contributed by atoms with van der Waals surface area (Å²) in [4.78, 5) is 27.3. The number of ether oxygens (including phenoxy) is 4. The van der Waals surface area contributed by atoms with Crippen LogP contribution in [0.25, 0.3) is 10.9 Å². The number of fused-ring (bicyclic) bond motifs is 1. The highest BCUT2D eigenvalue weighted by molar-refractivity contribution is 9.10. The number of pyridine rings is 1. The number of halogens is 1. The van der Waals surface area contributed by atoms with Gasteiger partial charge in [0.05, 0.1) is 11.1 Å². The zero-order valence-electron chi connectivity index (χ0n) is 16.4. The van der Waals surface area contributed by atoms with Crippen LogP contribution >= 0.6 is 15.9 Å². The molecule has 1 aromatic heterocycles. The van der Waals surface area contributed by atoms with Gasteiger partial charge in [-0.25, -0.2) is 0 Å². The Kier molecular flexibility index (Phi) is 5.25. The lowest BCUT2D eigenvalue weighted by Crippen LogP contribution is -2.54. The van der Waals surface area contributed by atoms with E-state index < -0.39 is 29.9 Å². The lowest BCUT2D eigenvalue weighted by atomic mass is 9.69. The Bertz CT molecular complexity index is 957. The molecule has 1 spiro atoms. The van der Waals surface area contributed by atoms with Gasteiger partial charge in [-0.05, 0) is 34.1 Å². The summed E-state index contributed by atoms with van der Waals surface area (Å²) in [7, 11) is 0. The number of rotatable bonds is 4. The minimum absolute atomic E-state index is 0.0422. The summed E-state index contributed by atoms with van der Waals surface area (Å²) < 4.78 is 23.7. The van der Waals surface area contributed by atoms with Crippen molar-refractivity contribution < 1.29 is 28.5 Å². The second-order valence-corrected chi connectivity index (χ2v) is 8.59. The van der Waals surface area contributed by atoms with Gasteiger partial charge < -0.3 is 18.9 Å². The number of carbonyl (C=O) groups excluding carboxylic acids is 2. The molecule has 1 aliphatic heterocycles. The maximum Gasteiger partial charge on any atom is 0.305 e. The van der Waals surface area contributed by atoms with Crippen LogP contribution in [-0.2, 0) is 23.8 Å². The summed E-state index contributed by atoms with van der Waals surface area (Å²) in [5, 5.41) is 1.03. The second-order valence-electron chi connectivity index (χ2n) is 7.68. The summed E-state index contributed by atoms with van der Waals surface area (Å²) in [6.45, 7) is 4.59. The van der Waals surface area contributed by atoms with Gasteiger partial charge in [0.25, 0.3) is 0 Å². The van der Waals surface area contributed by atoms with Crippen LogP contribution in [0.1, 0.15) is 33.6 Å². The largest absolute Gasteiger partial charge is 0.490 e. The zero-order valence-corrected chi connectivity index (χ0v) is 18.0. The molecule has 1 aliphatic carbocycles. The SMILES string of the molecule is CC(=O)OC1OC2(CC(Oc3ccc4cc(Br)cnc4c3)C2)[C@@H](C)C1OC(C)=O. The third-order valence-corrected chi connectivity index (χ3v) is 6.03. The molecule has 3 atom stereocenters. The number of esters is 2. The van der Waals surface area contributed by atoms with Gasteiger partial charge >= 0.3 is 11.9 Å². The number of benzene rings is 1. The molecule has 0 radical (unpaired) electrons. The van der Waals surface area contributed by atoms with E-state index in [9.17, 15) is 9.59 Å². The highest BCUT2D eigenvalue weighted by atomic mass is 79.9. The van der Waals surface area contributed by atoms with Gasteiger partial charge in [0.15, 0.2) is 6.10 Å². The first-order valence-electron chi connectivity index (χ1n) is 9.50. The molecule has 154 valence electrons. The van der Waals surface area contributed by atoms with E-state index >= 15 is 0 Å². The highest BCUT2D eigenvalue weighted by Crippen LogP contribution is 2.51. The molecule has 0 amide bonds. The highest BCUT2D eigenvalue weighted by Gasteiger charge is 2.62. The molecule has 7 nitrogen and oxygen atoms in total. The van der Waals surface area contributed by atoms with Crippen molar-refractivity contribution in [3.8, 4) is 5.75 Å². The average molecular weight is 464 g/mol. The Balaban J connectivity index is 1.44. The Morgan fingerprint density at radius 2 is 1.90 bits per heavy atom. The molecular formula is C21H22BrNO6. The third kappa shape index (κ3) is 3.96. The molecular weight excluding hydrogens is 442 g/mol. The van der Waals surface area contributed by atoms with E-state index in [1.807, 2.05) is 31.2 Å². The van der Waals surface area contributed by atoms with Crippen molar-refractivity contribution in [2.45, 2.75) is 57.7 Å². The average Bonchev–Trinajstić information content (AvgIpc) is 2.86. The van der Waals surface area contributed by atoms with Gasteiger partial charge in [-0.2, -0.15) is 0 Å². The second kappa shape index (κ2) is 7.57. The van der Waals surface area contributed by atoms with E-state index in [4.69, 9.17) is 18.9 Å². The van der Waals surface area contributed by atoms with Crippen LogP contribution < -0.4 is 4.74 Å². The Morgan fingerprint density at radius 3 is 2.59 bits per heavy atom. The number of hydrogen-bond acceptors (Lipinski definition) is 7. The summed E-state index contributed by atoms with van der Waals surface area (Å²) in [6, 6.07) is 7.81. The number of aromatic nitrogens is 1. The molecule has 2 fully saturated rings. The van der Waals surface area contributed by atoms with Crippen molar-refractivity contribution in [2.24, 2.45) is 5.92 Å². The van der Waals surface area contributed by atoms with Crippen molar-refractivity contribution >= 4 is 38.8 Å². The van der Waals surface area contributed by atoms with Crippen LogP contribution in [0.2, 0.25) is 0 Å². The van der Waals surface area contributed by atoms with E-state index in [2.05, 4.69) is 20.9 Å². The lowest BCUT2D eigenvalue weighted by Gasteiger charge is -2.46. The first kappa shape index (κ1) is 20.1. The molecule has 1 saturated carbocycles. The maximum atomic E-state index is 11.5. The van der Waals surface area contributed by atoms with Crippen LogP contribution in [0.5, 0.6) is 5.75 Å². The maximum absolute atomic E-state index is 11.5. The third-order valence-electron chi connectivity index (χ3n) is 5.60. The van der Waals surface area contributed by atoms with E-state index in [-0.39, 0.29) is 12.0 Å². The smallest absolute Gasteiger partial charge is 0.305 e. The van der Waals surface area contributed by atoms with Crippen LogP contribution in [0.3, 0.4) is 0 Å². The lowest BCUT2D eigenvalue weighted by molar-refractivity contribution is -0.224. The standard InChI is InChI=1S/C21H22BrNO6/c1-11-19(26-12(2)24)20(27-13(3)25)29-21(11)8-17(9-21)28-16-5-4-14-6-15(22)10-23-18(14)7-16/h4-7,10-11,17,19-20H,8-9H2,1-3H3/t11-,17?,19?,20?,21?/m0/s1. The van der Waals surface area contributed by atoms with E-state index in [0.29, 0.717) is 12.8 Å². The van der Waals surface area contributed by atoms with Gasteiger partial charge in [-0.3, -0.25) is 14.6 Å². The molecule has 1 saturated heterocycles. The molecule has 0 N–H and O–H groups in total. The van der Waals surface area contributed by atoms with Gasteiger partial charge in [-0.15, -0.1) is 0 Å². The summed E-state index contributed by atoms with van der Waals surface area (Å²) in [6.07, 6.45) is 1.43. The molecule has 1 aromatic carbocycles. The molecule has 2 unspecified atom stereocenters. The van der Waals surface area contributed by atoms with Gasteiger partial charge in [0.2, 0.25) is 6.29 Å². The monoisotopic (exact) mass is 463 g/mol. The Morgan fingerprint density at radius 1 is 1.17 bits per heavy atom. The van der Waals surface area contributed by atoms with Crippen molar-refractivity contribution in [3.05, 3.63) is 34.9 Å². The van der Waals surface area contributed by atoms with Gasteiger partial charge in [0, 0.05) is 54.7 Å². The van der Waals surface area contributed by atoms with Crippen LogP contribution in [-0.4, -0.2) is 41.0 Å². The van der Waals surface area contributed by atoms with Crippen LogP contribution in [0.4, 0.5) is 0 Å². The molecule has 0 bridgehead atoms. The van der Waals surface area contributed by atoms with E-state index in [1.54, 1.807) is 6.20 Å². The van der Waals surface area contributed by atoms with Gasteiger partial charge in [0.1, 0.15) is 11.9 Å². The fraction of sp³-hybridized carbons (Fsp3) is 0.476. The molecule has 2 aliphatic rings. The van der Waals surface area contributed by atoms with E-state index in [1.165, 1.54) is 13.8 Å². The normalized spacial score (nSPS) is 30.8. The molecule has 2 aromatic rings. The Hall–Kier alpha value is -2.19. The predicted molar refractivity (Wildman–Crippen MR) is 107 cm³/mol. The van der Waals surface area contributed by atoms with Crippen molar-refractivity contribution in [2.75, 3.05) is 0 Å². The van der Waals surface area contributed by atoms with Crippen molar-refractivity contribution in [3.63, 3.8) is 0 Å². The quantitative estimate of drug-likeness (QED) is 0.637. The fourth-order valence-electron chi connectivity index (χ4n) is 4.15. The molecule has 4 rings (SSSR count). The van der Waals surface area contributed by atoms with Crippen LogP contribution in [0.15, 0.2) is 34.9 Å². The first-order chi connectivity index (χ1) is 13.8. The summed E-state index contributed by atoms with van der Waals surface area (Å²) >= 11 is 3.42. The zero-order chi connectivity index (χ0) is 20.8. The first-order valence-corrected chi connectivity index (χ1v) is 10.3. The molecule has 8 heteroatoms. The fourth-order valence-corrected chi connectivity index (χ4v) is 4.50. The summed E-state index contributed by atoms with van der Waals surface area (Å²) in [5.41, 5.74) is 0.320. The van der Waals surface area contributed by atoms with Crippen LogP contribution in [0, 0.1) is 5.92 Å². The minimum Gasteiger partial charge on any atom is -0.490 e. The minimum atomic E-state index is -0.893. The number of hydrogen-bond donors (Lipinski definition) is 0.